The number of carbonyl (C=O) groups excluding carboxylic acids is 2. The molecule has 0 unspecified atom stereocenters. The third-order valence-corrected chi connectivity index (χ3v) is 2.28. The van der Waals surface area contributed by atoms with Gasteiger partial charge in [0.1, 0.15) is 5.70 Å². The number of nitrogens with zero attached hydrogens (tertiary/aromatic N) is 1. The zero-order valence-corrected chi connectivity index (χ0v) is 9.41. The molecule has 0 spiro atoms. The van der Waals surface area contributed by atoms with E-state index in [0.29, 0.717) is 12.1 Å². The number of hydrogen-bond acceptors (Lipinski definition) is 3. The highest BCUT2D eigenvalue weighted by Crippen LogP contribution is 2.21. The molecule has 0 bridgehead atoms. The van der Waals surface area contributed by atoms with Crippen LogP contribution in [0.25, 0.3) is 0 Å². The van der Waals surface area contributed by atoms with E-state index in [0.717, 1.165) is 6.42 Å². The Morgan fingerprint density at radius 2 is 2.00 bits per heavy atom. The lowest BCUT2D eigenvalue weighted by Gasteiger charge is -2.25. The predicted octanol–water partition coefficient (Wildman–Crippen LogP) is -0.00440. The van der Waals surface area contributed by atoms with Crippen LogP contribution in [0.4, 0.5) is 0 Å². The summed E-state index contributed by atoms with van der Waals surface area (Å²) in [6, 6.07) is 0. The van der Waals surface area contributed by atoms with Gasteiger partial charge in [-0.05, 0) is 13.3 Å². The van der Waals surface area contributed by atoms with E-state index < -0.39 is 11.8 Å². The van der Waals surface area contributed by atoms with Crippen molar-refractivity contribution in [2.24, 2.45) is 11.5 Å². The van der Waals surface area contributed by atoms with Crippen molar-refractivity contribution in [1.82, 2.24) is 4.90 Å². The van der Waals surface area contributed by atoms with E-state index >= 15 is 0 Å². The molecule has 0 atom stereocenters. The van der Waals surface area contributed by atoms with Gasteiger partial charge in [-0.3, -0.25) is 9.59 Å². The molecular weight excluding hydrogens is 206 g/mol. The molecule has 4 N–H and O–H groups in total. The lowest BCUT2D eigenvalue weighted by molar-refractivity contribution is -0.118. The van der Waals surface area contributed by atoms with E-state index in [1.54, 1.807) is 18.0 Å². The van der Waals surface area contributed by atoms with Crippen LogP contribution in [0.1, 0.15) is 20.3 Å². The molecule has 0 aromatic rings. The van der Waals surface area contributed by atoms with E-state index in [1.165, 1.54) is 0 Å². The fourth-order valence-corrected chi connectivity index (χ4v) is 1.62. The summed E-state index contributed by atoms with van der Waals surface area (Å²) in [5.74, 6) is -1.31. The molecule has 5 nitrogen and oxygen atoms in total. The molecule has 0 fully saturated rings. The molecule has 0 radical (unpaired) electrons. The molecule has 0 saturated carbocycles. The van der Waals surface area contributed by atoms with Crippen LogP contribution in [0.3, 0.4) is 0 Å². The summed E-state index contributed by atoms with van der Waals surface area (Å²) < 4.78 is 0. The number of nitrogens with two attached hydrogens (primary N) is 2. The van der Waals surface area contributed by atoms with Crippen molar-refractivity contribution in [3.05, 3.63) is 28.8 Å². The fourth-order valence-electron chi connectivity index (χ4n) is 1.62. The summed E-state index contributed by atoms with van der Waals surface area (Å²) in [5, 5.41) is 0. The highest BCUT2D eigenvalue weighted by Gasteiger charge is 2.25. The van der Waals surface area contributed by atoms with Crippen molar-refractivity contribution in [3.8, 4) is 0 Å². The van der Waals surface area contributed by atoms with Crippen molar-refractivity contribution < 1.29 is 9.59 Å². The molecule has 86 valence electrons. The number of primary amides is 2. The van der Waals surface area contributed by atoms with Gasteiger partial charge in [0.2, 0.25) is 0 Å². The highest BCUT2D eigenvalue weighted by atomic mass is 16.2. The van der Waals surface area contributed by atoms with Crippen molar-refractivity contribution in [2.45, 2.75) is 20.3 Å². The molecule has 0 aromatic heterocycles. The number of amides is 2. The summed E-state index contributed by atoms with van der Waals surface area (Å²) in [4.78, 5) is 24.2. The van der Waals surface area contributed by atoms with Crippen molar-refractivity contribution in [3.63, 3.8) is 0 Å². The van der Waals surface area contributed by atoms with Gasteiger partial charge in [-0.25, -0.2) is 0 Å². The Hall–Kier alpha value is -2.00. The zero-order valence-electron chi connectivity index (χ0n) is 9.41. The maximum absolute atomic E-state index is 11.4. The molecule has 0 aromatic carbocycles. The molecule has 0 saturated heterocycles. The quantitative estimate of drug-likeness (QED) is 0.654. The predicted molar refractivity (Wildman–Crippen MR) is 59.7 cm³/mol. The van der Waals surface area contributed by atoms with Gasteiger partial charge in [-0.2, -0.15) is 0 Å². The van der Waals surface area contributed by atoms with Gasteiger partial charge < -0.3 is 16.4 Å². The normalized spacial score (nSPS) is 15.1. The van der Waals surface area contributed by atoms with Gasteiger partial charge in [0.15, 0.2) is 0 Å². The number of hydrogen-bond donors (Lipinski definition) is 2. The van der Waals surface area contributed by atoms with Crippen molar-refractivity contribution in [1.29, 1.82) is 0 Å². The average Bonchev–Trinajstić information content (AvgIpc) is 2.19. The van der Waals surface area contributed by atoms with Crippen LogP contribution in [-0.2, 0) is 9.59 Å². The minimum absolute atomic E-state index is 0.156. The van der Waals surface area contributed by atoms with Crippen LogP contribution in [0.2, 0.25) is 0 Å². The molecular formula is C11H15N3O2. The van der Waals surface area contributed by atoms with Crippen molar-refractivity contribution >= 4 is 11.8 Å². The first kappa shape index (κ1) is 12.1. The molecule has 1 heterocycles. The smallest absolute Gasteiger partial charge is 0.266 e. The Kier molecular flexibility index (Phi) is 3.53. The van der Waals surface area contributed by atoms with E-state index in [9.17, 15) is 9.59 Å². The molecule has 1 aliphatic heterocycles. The Bertz CT molecular complexity index is 429. The topological polar surface area (TPSA) is 89.4 Å². The highest BCUT2D eigenvalue weighted by molar-refractivity contribution is 6.06. The fraction of sp³-hybridized carbons (Fsp3) is 0.364. The van der Waals surface area contributed by atoms with E-state index in [-0.39, 0.29) is 11.3 Å². The van der Waals surface area contributed by atoms with E-state index in [1.807, 2.05) is 6.92 Å². The first-order chi connectivity index (χ1) is 7.49. The Morgan fingerprint density at radius 1 is 1.38 bits per heavy atom. The largest absolute Gasteiger partial charge is 0.366 e. The van der Waals surface area contributed by atoms with Gasteiger partial charge in [-0.1, -0.05) is 12.7 Å². The molecule has 1 rings (SSSR count). The Morgan fingerprint density at radius 3 is 2.44 bits per heavy atom. The van der Waals surface area contributed by atoms with Gasteiger partial charge >= 0.3 is 0 Å². The van der Waals surface area contributed by atoms with Crippen LogP contribution < -0.4 is 11.5 Å². The van der Waals surface area contributed by atoms with Crippen molar-refractivity contribution in [2.75, 3.05) is 6.54 Å². The van der Waals surface area contributed by atoms with Crippen LogP contribution in [0.5, 0.6) is 0 Å². The zero-order chi connectivity index (χ0) is 12.3. The summed E-state index contributed by atoms with van der Waals surface area (Å²) in [7, 11) is 0. The third kappa shape index (κ3) is 2.15. The minimum Gasteiger partial charge on any atom is -0.366 e. The second kappa shape index (κ2) is 4.68. The minimum atomic E-state index is -0.659. The maximum Gasteiger partial charge on any atom is 0.266 e. The van der Waals surface area contributed by atoms with E-state index in [4.69, 9.17) is 11.5 Å². The van der Waals surface area contributed by atoms with Gasteiger partial charge in [0.05, 0.1) is 5.57 Å². The van der Waals surface area contributed by atoms with Crippen LogP contribution in [0.15, 0.2) is 28.8 Å². The monoisotopic (exact) mass is 221 g/mol. The van der Waals surface area contributed by atoms with Crippen LogP contribution in [0, 0.1) is 0 Å². The molecule has 5 heteroatoms. The summed E-state index contributed by atoms with van der Waals surface area (Å²) >= 11 is 0. The summed E-state index contributed by atoms with van der Waals surface area (Å²) in [5.41, 5.74) is 14.2. The van der Waals surface area contributed by atoms with Gasteiger partial charge in [0, 0.05) is 18.3 Å². The SMILES string of the molecule is CCCN1C=C=C(C)C(C(N)=O)=C1C(N)=O. The lowest BCUT2D eigenvalue weighted by atomic mass is 10.0. The van der Waals surface area contributed by atoms with Crippen LogP contribution in [-0.4, -0.2) is 23.3 Å². The Balaban J connectivity index is 3.34. The summed E-state index contributed by atoms with van der Waals surface area (Å²) in [6.07, 6.45) is 2.44. The van der Waals surface area contributed by atoms with Gasteiger partial charge in [-0.15, -0.1) is 0 Å². The average molecular weight is 221 g/mol. The maximum atomic E-state index is 11.4. The molecule has 16 heavy (non-hydrogen) atoms. The lowest BCUT2D eigenvalue weighted by Crippen LogP contribution is -2.34. The first-order valence-corrected chi connectivity index (χ1v) is 5.03. The van der Waals surface area contributed by atoms with Gasteiger partial charge in [0.25, 0.3) is 11.8 Å². The number of carbonyl (C=O) groups is 2. The second-order valence-corrected chi connectivity index (χ2v) is 3.54. The molecule has 1 aliphatic rings. The summed E-state index contributed by atoms with van der Waals surface area (Å²) in [6.45, 7) is 4.22. The molecule has 2 amide bonds. The molecule has 0 aliphatic carbocycles. The Labute approximate surface area is 94.1 Å². The van der Waals surface area contributed by atoms with Crippen LogP contribution >= 0.6 is 0 Å². The van der Waals surface area contributed by atoms with E-state index in [2.05, 4.69) is 5.73 Å². The second-order valence-electron chi connectivity index (χ2n) is 3.54. The first-order valence-electron chi connectivity index (χ1n) is 5.03. The standard InChI is InChI=1S/C11H15N3O2/c1-3-5-14-6-4-7(2)8(10(12)15)9(14)11(13)16/h6H,3,5H2,1-2H3,(H2,12,15)(H2,13,16). The number of rotatable bonds is 4. The third-order valence-electron chi connectivity index (χ3n) is 2.28.